The van der Waals surface area contributed by atoms with Crippen LogP contribution in [0, 0.1) is 11.8 Å². The molecule has 0 radical (unpaired) electrons. The lowest BCUT2D eigenvalue weighted by Crippen LogP contribution is -2.54. The van der Waals surface area contributed by atoms with E-state index in [1.54, 1.807) is 6.92 Å². The van der Waals surface area contributed by atoms with Gasteiger partial charge in [0.2, 0.25) is 0 Å². The Hall–Kier alpha value is -0.520. The largest absolute Gasteiger partial charge is 0.598 e. The van der Waals surface area contributed by atoms with Crippen molar-refractivity contribution in [2.45, 2.75) is 64.7 Å². The fourth-order valence-corrected chi connectivity index (χ4v) is 3.38. The molecule has 0 saturated heterocycles. The second-order valence-corrected chi connectivity index (χ2v) is 8.79. The summed E-state index contributed by atoms with van der Waals surface area (Å²) in [7, 11) is 0. The average Bonchev–Trinajstić information content (AvgIpc) is 2.29. The molecule has 0 aromatic heterocycles. The van der Waals surface area contributed by atoms with E-state index in [1.807, 2.05) is 27.7 Å². The van der Waals surface area contributed by atoms with Crippen molar-refractivity contribution in [3.05, 3.63) is 12.2 Å². The predicted octanol–water partition coefficient (Wildman–Crippen LogP) is 2.96. The topological polar surface area (TPSA) is 61.4 Å². The molecule has 1 rings (SSSR count). The van der Waals surface area contributed by atoms with Crippen LogP contribution >= 0.6 is 0 Å². The van der Waals surface area contributed by atoms with E-state index in [0.717, 1.165) is 18.4 Å². The zero-order valence-corrected chi connectivity index (χ0v) is 14.7. The van der Waals surface area contributed by atoms with Gasteiger partial charge in [-0.05, 0) is 53.4 Å². The van der Waals surface area contributed by atoms with Gasteiger partial charge in [-0.3, -0.25) is 4.79 Å². The molecule has 0 heterocycles. The quantitative estimate of drug-likeness (QED) is 0.446. The van der Waals surface area contributed by atoms with Gasteiger partial charge in [0.1, 0.15) is 4.75 Å². The SMILES string of the molecule is C=C(C)C(C1CCC1)[C@H](N[S+]([O-])C(C)(C)C)C(=O)OCC. The molecule has 21 heavy (non-hydrogen) atoms. The Labute approximate surface area is 132 Å². The van der Waals surface area contributed by atoms with Crippen molar-refractivity contribution in [3.63, 3.8) is 0 Å². The summed E-state index contributed by atoms with van der Waals surface area (Å²) >= 11 is -1.32. The number of carbonyl (C=O) groups is 1. The highest BCUT2D eigenvalue weighted by molar-refractivity contribution is 7.90. The van der Waals surface area contributed by atoms with Crippen LogP contribution in [0.2, 0.25) is 0 Å². The smallest absolute Gasteiger partial charge is 0.328 e. The van der Waals surface area contributed by atoms with E-state index in [-0.39, 0.29) is 11.9 Å². The minimum Gasteiger partial charge on any atom is -0.598 e. The molecule has 122 valence electrons. The van der Waals surface area contributed by atoms with E-state index >= 15 is 0 Å². The molecule has 0 aliphatic heterocycles. The molecule has 4 nitrogen and oxygen atoms in total. The third-order valence-corrected chi connectivity index (χ3v) is 5.50. The minimum absolute atomic E-state index is 0.0101. The summed E-state index contributed by atoms with van der Waals surface area (Å²) in [5.41, 5.74) is 0.955. The first-order valence-electron chi connectivity index (χ1n) is 7.68. The summed E-state index contributed by atoms with van der Waals surface area (Å²) < 4.78 is 20.2. The molecule has 3 atom stereocenters. The highest BCUT2D eigenvalue weighted by Gasteiger charge is 2.42. The summed E-state index contributed by atoms with van der Waals surface area (Å²) in [6.45, 7) is 13.8. The van der Waals surface area contributed by atoms with Gasteiger partial charge >= 0.3 is 5.97 Å². The van der Waals surface area contributed by atoms with Crippen molar-refractivity contribution < 1.29 is 14.1 Å². The van der Waals surface area contributed by atoms with Crippen LogP contribution in [0.15, 0.2) is 12.2 Å². The summed E-state index contributed by atoms with van der Waals surface area (Å²) in [6, 6.07) is -0.576. The molecule has 1 N–H and O–H groups in total. The minimum atomic E-state index is -1.32. The van der Waals surface area contributed by atoms with Crippen molar-refractivity contribution in [2.75, 3.05) is 6.61 Å². The highest BCUT2D eigenvalue weighted by atomic mass is 32.2. The van der Waals surface area contributed by atoms with Crippen LogP contribution in [0.1, 0.15) is 53.9 Å². The molecule has 0 spiro atoms. The van der Waals surface area contributed by atoms with Gasteiger partial charge in [0.15, 0.2) is 6.04 Å². The van der Waals surface area contributed by atoms with Crippen LogP contribution in [0.3, 0.4) is 0 Å². The lowest BCUT2D eigenvalue weighted by molar-refractivity contribution is -0.147. The standard InChI is InChI=1S/C16H29NO3S/c1-7-20-15(18)14(17-21(19)16(4,5)6)13(11(2)3)12-9-8-10-12/h12-14,17H,2,7-10H2,1,3-6H3/t13?,14-,21?/m0/s1. The van der Waals surface area contributed by atoms with Gasteiger partial charge in [-0.2, -0.15) is 0 Å². The lowest BCUT2D eigenvalue weighted by atomic mass is 9.70. The van der Waals surface area contributed by atoms with Gasteiger partial charge in [-0.15, -0.1) is 4.72 Å². The van der Waals surface area contributed by atoms with Gasteiger partial charge in [-0.25, -0.2) is 0 Å². The fraction of sp³-hybridized carbons (Fsp3) is 0.812. The van der Waals surface area contributed by atoms with Crippen LogP contribution in [0.5, 0.6) is 0 Å². The van der Waals surface area contributed by atoms with Crippen LogP contribution in [-0.4, -0.2) is 27.9 Å². The van der Waals surface area contributed by atoms with Crippen LogP contribution < -0.4 is 4.72 Å². The Kier molecular flexibility index (Phi) is 6.75. The van der Waals surface area contributed by atoms with Gasteiger partial charge in [0, 0.05) is 17.3 Å². The van der Waals surface area contributed by atoms with E-state index in [1.165, 1.54) is 6.42 Å². The third kappa shape index (κ3) is 5.01. The van der Waals surface area contributed by atoms with Crippen molar-refractivity contribution in [2.24, 2.45) is 11.8 Å². The van der Waals surface area contributed by atoms with Crippen LogP contribution in [-0.2, 0) is 20.9 Å². The van der Waals surface area contributed by atoms with Crippen molar-refractivity contribution in [1.29, 1.82) is 0 Å². The van der Waals surface area contributed by atoms with E-state index in [4.69, 9.17) is 4.74 Å². The Morgan fingerprint density at radius 3 is 2.38 bits per heavy atom. The van der Waals surface area contributed by atoms with Gasteiger partial charge in [0.25, 0.3) is 0 Å². The molecular formula is C16H29NO3S. The summed E-state index contributed by atoms with van der Waals surface area (Å²) in [4.78, 5) is 12.3. The molecular weight excluding hydrogens is 286 g/mol. The van der Waals surface area contributed by atoms with E-state index < -0.39 is 22.2 Å². The number of carbonyl (C=O) groups excluding carboxylic acids is 1. The maximum Gasteiger partial charge on any atom is 0.328 e. The van der Waals surface area contributed by atoms with E-state index in [2.05, 4.69) is 11.3 Å². The number of nitrogens with one attached hydrogen (secondary N) is 1. The normalized spacial score (nSPS) is 20.3. The number of hydrogen-bond donors (Lipinski definition) is 1. The molecule has 1 aliphatic carbocycles. The molecule has 1 aliphatic rings. The van der Waals surface area contributed by atoms with Gasteiger partial charge in [-0.1, -0.05) is 18.6 Å². The predicted molar refractivity (Wildman–Crippen MR) is 87.1 cm³/mol. The molecule has 0 amide bonds. The van der Waals surface area contributed by atoms with Crippen molar-refractivity contribution in [1.82, 2.24) is 4.72 Å². The number of esters is 1. The molecule has 1 fully saturated rings. The number of rotatable bonds is 7. The van der Waals surface area contributed by atoms with Crippen LogP contribution in [0.25, 0.3) is 0 Å². The highest BCUT2D eigenvalue weighted by Crippen LogP contribution is 2.39. The zero-order chi connectivity index (χ0) is 16.2. The molecule has 0 bridgehead atoms. The monoisotopic (exact) mass is 315 g/mol. The number of ether oxygens (including phenoxy) is 1. The summed E-state index contributed by atoms with van der Waals surface area (Å²) in [6.07, 6.45) is 3.38. The third-order valence-electron chi connectivity index (χ3n) is 3.92. The maximum absolute atomic E-state index is 12.4. The van der Waals surface area contributed by atoms with E-state index in [0.29, 0.717) is 12.5 Å². The van der Waals surface area contributed by atoms with Gasteiger partial charge in [0.05, 0.1) is 6.61 Å². The van der Waals surface area contributed by atoms with Crippen LogP contribution in [0.4, 0.5) is 0 Å². The van der Waals surface area contributed by atoms with Crippen molar-refractivity contribution >= 4 is 17.3 Å². The first-order valence-corrected chi connectivity index (χ1v) is 8.83. The molecule has 0 aromatic carbocycles. The fourth-order valence-electron chi connectivity index (χ4n) is 2.55. The van der Waals surface area contributed by atoms with Gasteiger partial charge < -0.3 is 9.29 Å². The molecule has 1 saturated carbocycles. The second kappa shape index (κ2) is 7.65. The number of hydrogen-bond acceptors (Lipinski definition) is 4. The zero-order valence-electron chi connectivity index (χ0n) is 13.9. The maximum atomic E-state index is 12.4. The molecule has 2 unspecified atom stereocenters. The average molecular weight is 315 g/mol. The Morgan fingerprint density at radius 2 is 2.05 bits per heavy atom. The first-order chi connectivity index (χ1) is 9.68. The Morgan fingerprint density at radius 1 is 1.48 bits per heavy atom. The Bertz CT molecular complexity index is 374. The lowest BCUT2D eigenvalue weighted by Gasteiger charge is -2.39. The van der Waals surface area contributed by atoms with Crippen molar-refractivity contribution in [3.8, 4) is 0 Å². The molecule has 5 heteroatoms. The summed E-state index contributed by atoms with van der Waals surface area (Å²) in [5, 5.41) is 0. The second-order valence-electron chi connectivity index (χ2n) is 6.79. The Balaban J connectivity index is 2.93. The van der Waals surface area contributed by atoms with E-state index in [9.17, 15) is 9.35 Å². The first kappa shape index (κ1) is 18.5. The summed E-state index contributed by atoms with van der Waals surface area (Å²) in [5.74, 6) is 0.0977. The molecule has 0 aromatic rings.